The first-order valence-electron chi connectivity index (χ1n) is 8.67. The van der Waals surface area contributed by atoms with Crippen molar-refractivity contribution >= 4 is 23.5 Å². The van der Waals surface area contributed by atoms with Crippen LogP contribution in [-0.4, -0.2) is 40.6 Å². The standard InChI is InChI=1S/C19H19N3O5/c1-11-14(12(2)27-20-11)10-26-18(25)19-9-8-16(23)22(19)15-7-5-4-6-13(15)17(24)21(19)3/h4-7H,8-10H2,1-3H3. The number of hydrogen-bond acceptors (Lipinski definition) is 6. The number of ether oxygens (including phenoxy) is 1. The van der Waals surface area contributed by atoms with Crippen LogP contribution in [0.15, 0.2) is 28.8 Å². The van der Waals surface area contributed by atoms with Crippen LogP contribution >= 0.6 is 0 Å². The minimum atomic E-state index is -1.47. The number of aryl methyl sites for hydroxylation is 2. The van der Waals surface area contributed by atoms with Crippen molar-refractivity contribution in [3.63, 3.8) is 0 Å². The maximum absolute atomic E-state index is 13.2. The predicted octanol–water partition coefficient (Wildman–Crippen LogP) is 1.94. The number of amides is 2. The topological polar surface area (TPSA) is 93.0 Å². The van der Waals surface area contributed by atoms with Gasteiger partial charge >= 0.3 is 5.97 Å². The molecule has 0 bridgehead atoms. The lowest BCUT2D eigenvalue weighted by Crippen LogP contribution is -2.67. The molecule has 0 N–H and O–H groups in total. The van der Waals surface area contributed by atoms with Crippen LogP contribution in [0.2, 0.25) is 0 Å². The Kier molecular flexibility index (Phi) is 3.80. The number of aromatic nitrogens is 1. The molecule has 3 heterocycles. The third-order valence-corrected chi connectivity index (χ3v) is 5.40. The Labute approximate surface area is 155 Å². The SMILES string of the molecule is Cc1noc(C)c1COC(=O)C12CCC(=O)N1c1ccccc1C(=O)N2C. The van der Waals surface area contributed by atoms with Crippen molar-refractivity contribution < 1.29 is 23.6 Å². The van der Waals surface area contributed by atoms with Crippen molar-refractivity contribution in [3.8, 4) is 0 Å². The number of likely N-dealkylation sites (N-methyl/N-ethyl adjacent to an activating group) is 1. The monoisotopic (exact) mass is 369 g/mol. The Balaban J connectivity index is 1.72. The van der Waals surface area contributed by atoms with Crippen LogP contribution in [0.4, 0.5) is 5.69 Å². The first kappa shape index (κ1) is 17.3. The molecule has 27 heavy (non-hydrogen) atoms. The fourth-order valence-electron chi connectivity index (χ4n) is 3.85. The van der Waals surface area contributed by atoms with Crippen molar-refractivity contribution in [1.29, 1.82) is 0 Å². The molecule has 0 saturated carbocycles. The summed E-state index contributed by atoms with van der Waals surface area (Å²) in [7, 11) is 1.53. The zero-order chi connectivity index (χ0) is 19.3. The molecule has 1 fully saturated rings. The molecule has 1 saturated heterocycles. The van der Waals surface area contributed by atoms with Gasteiger partial charge in [-0.05, 0) is 26.0 Å². The van der Waals surface area contributed by atoms with Crippen LogP contribution in [0.1, 0.15) is 40.2 Å². The molecule has 1 unspecified atom stereocenters. The zero-order valence-electron chi connectivity index (χ0n) is 15.3. The van der Waals surface area contributed by atoms with E-state index >= 15 is 0 Å². The molecular weight excluding hydrogens is 350 g/mol. The summed E-state index contributed by atoms with van der Waals surface area (Å²) < 4.78 is 10.6. The third-order valence-electron chi connectivity index (χ3n) is 5.40. The zero-order valence-corrected chi connectivity index (χ0v) is 15.3. The van der Waals surface area contributed by atoms with E-state index in [-0.39, 0.29) is 31.3 Å². The minimum absolute atomic E-state index is 0.0343. The Morgan fingerprint density at radius 1 is 1.30 bits per heavy atom. The summed E-state index contributed by atoms with van der Waals surface area (Å²) >= 11 is 0. The van der Waals surface area contributed by atoms with E-state index in [0.717, 1.165) is 0 Å². The van der Waals surface area contributed by atoms with Gasteiger partial charge in [0, 0.05) is 19.9 Å². The van der Waals surface area contributed by atoms with Crippen molar-refractivity contribution in [2.75, 3.05) is 11.9 Å². The molecule has 1 atom stereocenters. The van der Waals surface area contributed by atoms with Crippen LogP contribution in [-0.2, 0) is 20.9 Å². The van der Waals surface area contributed by atoms with Crippen molar-refractivity contribution in [2.45, 2.75) is 39.0 Å². The van der Waals surface area contributed by atoms with Gasteiger partial charge in [-0.2, -0.15) is 0 Å². The second kappa shape index (κ2) is 5.94. The highest BCUT2D eigenvalue weighted by atomic mass is 16.5. The van der Waals surface area contributed by atoms with E-state index < -0.39 is 11.6 Å². The van der Waals surface area contributed by atoms with E-state index in [2.05, 4.69) is 5.16 Å². The van der Waals surface area contributed by atoms with Crippen LogP contribution in [0.5, 0.6) is 0 Å². The molecule has 4 rings (SSSR count). The normalized spacial score (nSPS) is 21.3. The molecular formula is C19H19N3O5. The molecule has 1 aromatic heterocycles. The summed E-state index contributed by atoms with van der Waals surface area (Å²) in [5.41, 5.74) is 0.680. The summed E-state index contributed by atoms with van der Waals surface area (Å²) in [6, 6.07) is 6.80. The fraction of sp³-hybridized carbons (Fsp3) is 0.368. The lowest BCUT2D eigenvalue weighted by Gasteiger charge is -2.46. The number of esters is 1. The molecule has 0 radical (unpaired) electrons. The van der Waals surface area contributed by atoms with Gasteiger partial charge in [0.1, 0.15) is 12.4 Å². The molecule has 2 amide bonds. The Bertz CT molecular complexity index is 947. The van der Waals surface area contributed by atoms with Crippen molar-refractivity contribution in [2.24, 2.45) is 0 Å². The van der Waals surface area contributed by atoms with E-state index in [1.807, 2.05) is 0 Å². The van der Waals surface area contributed by atoms with Crippen LogP contribution < -0.4 is 4.90 Å². The van der Waals surface area contributed by atoms with Gasteiger partial charge in [-0.25, -0.2) is 4.79 Å². The number of carbonyl (C=O) groups is 3. The van der Waals surface area contributed by atoms with Crippen molar-refractivity contribution in [1.82, 2.24) is 10.1 Å². The van der Waals surface area contributed by atoms with Gasteiger partial charge in [-0.1, -0.05) is 17.3 Å². The van der Waals surface area contributed by atoms with Gasteiger partial charge in [0.15, 0.2) is 0 Å². The lowest BCUT2D eigenvalue weighted by atomic mass is 9.97. The molecule has 2 aliphatic heterocycles. The highest BCUT2D eigenvalue weighted by molar-refractivity contribution is 6.15. The minimum Gasteiger partial charge on any atom is -0.457 e. The maximum atomic E-state index is 13.2. The number of hydrogen-bond donors (Lipinski definition) is 0. The summed E-state index contributed by atoms with van der Waals surface area (Å²) in [6.07, 6.45) is 0.342. The molecule has 1 aromatic carbocycles. The molecule has 140 valence electrons. The number of anilines is 1. The third kappa shape index (κ3) is 2.29. The smallest absolute Gasteiger partial charge is 0.354 e. The van der Waals surface area contributed by atoms with E-state index in [4.69, 9.17) is 9.26 Å². The Morgan fingerprint density at radius 2 is 2.04 bits per heavy atom. The second-order valence-electron chi connectivity index (χ2n) is 6.81. The largest absolute Gasteiger partial charge is 0.457 e. The number of benzene rings is 1. The first-order chi connectivity index (χ1) is 12.9. The van der Waals surface area contributed by atoms with Gasteiger partial charge in [0.25, 0.3) is 5.91 Å². The summed E-state index contributed by atoms with van der Waals surface area (Å²) in [4.78, 5) is 41.4. The summed E-state index contributed by atoms with van der Waals surface area (Å²) in [5.74, 6) is -0.601. The van der Waals surface area contributed by atoms with E-state index in [1.54, 1.807) is 38.1 Å². The van der Waals surface area contributed by atoms with E-state index in [9.17, 15) is 14.4 Å². The molecule has 0 aliphatic carbocycles. The average Bonchev–Trinajstić information content (AvgIpc) is 3.18. The van der Waals surface area contributed by atoms with Crippen molar-refractivity contribution in [3.05, 3.63) is 46.8 Å². The number of fused-ring (bicyclic) bond motifs is 3. The first-order valence-corrected chi connectivity index (χ1v) is 8.67. The van der Waals surface area contributed by atoms with Crippen LogP contribution in [0.3, 0.4) is 0 Å². The molecule has 2 aromatic rings. The Morgan fingerprint density at radius 3 is 2.74 bits per heavy atom. The van der Waals surface area contributed by atoms with E-state index in [0.29, 0.717) is 28.3 Å². The Hall–Kier alpha value is -3.16. The van der Waals surface area contributed by atoms with Gasteiger partial charge < -0.3 is 14.2 Å². The van der Waals surface area contributed by atoms with Gasteiger partial charge in [0.05, 0.1) is 22.5 Å². The molecule has 8 heteroatoms. The van der Waals surface area contributed by atoms with Crippen LogP contribution in [0.25, 0.3) is 0 Å². The molecule has 2 aliphatic rings. The number of para-hydroxylation sites is 1. The highest BCUT2D eigenvalue weighted by Gasteiger charge is 2.60. The maximum Gasteiger partial charge on any atom is 0.354 e. The molecule has 0 spiro atoms. The van der Waals surface area contributed by atoms with Gasteiger partial charge in [-0.15, -0.1) is 0 Å². The number of nitrogens with zero attached hydrogens (tertiary/aromatic N) is 3. The predicted molar refractivity (Wildman–Crippen MR) is 93.8 cm³/mol. The fourth-order valence-corrected chi connectivity index (χ4v) is 3.85. The highest BCUT2D eigenvalue weighted by Crippen LogP contribution is 2.44. The average molecular weight is 369 g/mol. The summed E-state index contributed by atoms with van der Waals surface area (Å²) in [6.45, 7) is 3.46. The number of carbonyl (C=O) groups excluding carboxylic acids is 3. The molecule has 8 nitrogen and oxygen atoms in total. The number of rotatable bonds is 3. The van der Waals surface area contributed by atoms with Gasteiger partial charge in [0.2, 0.25) is 11.6 Å². The summed E-state index contributed by atoms with van der Waals surface area (Å²) in [5, 5.41) is 3.84. The second-order valence-corrected chi connectivity index (χ2v) is 6.81. The van der Waals surface area contributed by atoms with Gasteiger partial charge in [-0.3, -0.25) is 14.5 Å². The lowest BCUT2D eigenvalue weighted by molar-refractivity contribution is -0.157. The van der Waals surface area contributed by atoms with E-state index in [1.165, 1.54) is 16.8 Å². The van der Waals surface area contributed by atoms with Crippen LogP contribution in [0, 0.1) is 13.8 Å². The quantitative estimate of drug-likeness (QED) is 0.768.